The van der Waals surface area contributed by atoms with Crippen LogP contribution in [0, 0.1) is 5.41 Å². The van der Waals surface area contributed by atoms with Crippen molar-refractivity contribution < 1.29 is 14.6 Å². The van der Waals surface area contributed by atoms with Gasteiger partial charge in [0.15, 0.2) is 5.82 Å². The summed E-state index contributed by atoms with van der Waals surface area (Å²) in [6, 6.07) is 0. The lowest BCUT2D eigenvalue weighted by Gasteiger charge is -2.22. The summed E-state index contributed by atoms with van der Waals surface area (Å²) in [5.41, 5.74) is -0.654. The molecule has 0 radical (unpaired) electrons. The molecule has 0 spiro atoms. The Bertz CT molecular complexity index is 449. The zero-order chi connectivity index (χ0) is 12.6. The molecular weight excluding hydrogens is 236 g/mol. The summed E-state index contributed by atoms with van der Waals surface area (Å²) in [4.78, 5) is 11.2. The number of aliphatic carboxylic acids is 1. The van der Waals surface area contributed by atoms with Gasteiger partial charge in [0.1, 0.15) is 6.10 Å². The van der Waals surface area contributed by atoms with Gasteiger partial charge in [-0.15, -0.1) is 5.10 Å². The van der Waals surface area contributed by atoms with Gasteiger partial charge in [-0.1, -0.05) is 0 Å². The molecule has 2 aliphatic rings. The predicted octanol–water partition coefficient (Wildman–Crippen LogP) is 0.779. The van der Waals surface area contributed by atoms with Crippen molar-refractivity contribution in [2.75, 3.05) is 6.61 Å². The van der Waals surface area contributed by atoms with E-state index >= 15 is 0 Å². The van der Waals surface area contributed by atoms with Crippen LogP contribution < -0.4 is 0 Å². The first-order valence-corrected chi connectivity index (χ1v) is 6.32. The Morgan fingerprint density at radius 1 is 1.50 bits per heavy atom. The summed E-state index contributed by atoms with van der Waals surface area (Å²) < 4.78 is 7.26. The third-order valence-corrected chi connectivity index (χ3v) is 3.79. The third-order valence-electron chi connectivity index (χ3n) is 3.79. The van der Waals surface area contributed by atoms with Gasteiger partial charge >= 0.3 is 5.97 Å². The van der Waals surface area contributed by atoms with E-state index in [4.69, 9.17) is 4.74 Å². The van der Waals surface area contributed by atoms with Gasteiger partial charge in [0.25, 0.3) is 0 Å². The van der Waals surface area contributed by atoms with Crippen molar-refractivity contribution in [1.82, 2.24) is 20.2 Å². The van der Waals surface area contributed by atoms with Crippen LogP contribution >= 0.6 is 0 Å². The Morgan fingerprint density at radius 3 is 2.94 bits per heavy atom. The highest BCUT2D eigenvalue weighted by Gasteiger charge is 2.51. The van der Waals surface area contributed by atoms with E-state index in [9.17, 15) is 9.90 Å². The first-order valence-electron chi connectivity index (χ1n) is 6.32. The number of rotatable bonds is 4. The van der Waals surface area contributed by atoms with Crippen LogP contribution in [0.5, 0.6) is 0 Å². The molecular formula is C11H16N4O3. The summed E-state index contributed by atoms with van der Waals surface area (Å²) in [6.45, 7) is 1.08. The molecule has 1 aromatic heterocycles. The average molecular weight is 252 g/mol. The maximum atomic E-state index is 11.2. The molecule has 2 fully saturated rings. The molecule has 1 saturated heterocycles. The lowest BCUT2D eigenvalue weighted by molar-refractivity contribution is -0.144. The molecule has 3 rings (SSSR count). The first-order chi connectivity index (χ1) is 8.71. The van der Waals surface area contributed by atoms with E-state index in [0.29, 0.717) is 25.2 Å². The van der Waals surface area contributed by atoms with Crippen LogP contribution in [0.4, 0.5) is 0 Å². The molecule has 0 aromatic carbocycles. The molecule has 1 aromatic rings. The van der Waals surface area contributed by atoms with E-state index < -0.39 is 11.4 Å². The number of tetrazole rings is 1. The van der Waals surface area contributed by atoms with Crippen molar-refractivity contribution in [3.63, 3.8) is 0 Å². The highest BCUT2D eigenvalue weighted by Crippen LogP contribution is 2.47. The van der Waals surface area contributed by atoms with Crippen molar-refractivity contribution in [3.8, 4) is 0 Å². The first kappa shape index (κ1) is 11.6. The Morgan fingerprint density at radius 2 is 2.33 bits per heavy atom. The quantitative estimate of drug-likeness (QED) is 0.851. The second-order valence-corrected chi connectivity index (χ2v) is 5.14. The van der Waals surface area contributed by atoms with Crippen LogP contribution in [0.25, 0.3) is 0 Å². The van der Waals surface area contributed by atoms with Gasteiger partial charge < -0.3 is 9.84 Å². The summed E-state index contributed by atoms with van der Waals surface area (Å²) >= 11 is 0. The topological polar surface area (TPSA) is 90.1 Å². The number of carboxylic acid groups (broad SMARTS) is 1. The molecule has 7 nitrogen and oxygen atoms in total. The fraction of sp³-hybridized carbons (Fsp3) is 0.818. The molecule has 98 valence electrons. The van der Waals surface area contributed by atoms with Crippen LogP contribution in [0.3, 0.4) is 0 Å². The van der Waals surface area contributed by atoms with Crippen LogP contribution in [0.1, 0.15) is 44.0 Å². The molecule has 2 heterocycles. The van der Waals surface area contributed by atoms with E-state index in [1.54, 1.807) is 4.68 Å². The largest absolute Gasteiger partial charge is 0.481 e. The minimum atomic E-state index is -0.756. The lowest BCUT2D eigenvalue weighted by Crippen LogP contribution is -2.25. The SMILES string of the molecule is O=C(O)C1(Cn2nnnc2C2CCCCO2)CC1. The number of hydrogen-bond donors (Lipinski definition) is 1. The standard InChI is InChI=1S/C11H16N4O3/c16-10(17)11(4-5-11)7-15-9(12-13-14-15)8-3-1-2-6-18-8/h8H,1-7H2,(H,16,17). The predicted molar refractivity (Wildman–Crippen MR) is 59.7 cm³/mol. The molecule has 1 N–H and O–H groups in total. The minimum Gasteiger partial charge on any atom is -0.481 e. The maximum absolute atomic E-state index is 11.2. The number of carbonyl (C=O) groups is 1. The van der Waals surface area contributed by atoms with Gasteiger partial charge in [0.05, 0.1) is 12.0 Å². The van der Waals surface area contributed by atoms with Crippen LogP contribution in [-0.2, 0) is 16.1 Å². The fourth-order valence-corrected chi connectivity index (χ4v) is 2.38. The van der Waals surface area contributed by atoms with Gasteiger partial charge in [-0.25, -0.2) is 4.68 Å². The Balaban J connectivity index is 1.77. The van der Waals surface area contributed by atoms with Crippen molar-refractivity contribution in [1.29, 1.82) is 0 Å². The molecule has 1 atom stereocenters. The Kier molecular flexibility index (Phi) is 2.77. The maximum Gasteiger partial charge on any atom is 0.311 e. The van der Waals surface area contributed by atoms with Crippen LogP contribution in [0.15, 0.2) is 0 Å². The molecule has 1 aliphatic heterocycles. The second-order valence-electron chi connectivity index (χ2n) is 5.14. The van der Waals surface area contributed by atoms with Gasteiger partial charge in [-0.05, 0) is 42.5 Å². The molecule has 0 amide bonds. The number of hydrogen-bond acceptors (Lipinski definition) is 5. The molecule has 7 heteroatoms. The van der Waals surface area contributed by atoms with Crippen LogP contribution in [-0.4, -0.2) is 37.9 Å². The van der Waals surface area contributed by atoms with Gasteiger partial charge in [-0.3, -0.25) is 4.79 Å². The monoisotopic (exact) mass is 252 g/mol. The molecule has 0 bridgehead atoms. The lowest BCUT2D eigenvalue weighted by atomic mass is 10.1. The Hall–Kier alpha value is -1.50. The molecule has 1 aliphatic carbocycles. The summed E-state index contributed by atoms with van der Waals surface area (Å²) in [5.74, 6) is -0.0873. The zero-order valence-corrected chi connectivity index (χ0v) is 10.1. The van der Waals surface area contributed by atoms with Gasteiger partial charge in [0.2, 0.25) is 0 Å². The zero-order valence-electron chi connectivity index (χ0n) is 10.1. The van der Waals surface area contributed by atoms with Crippen molar-refractivity contribution in [2.24, 2.45) is 5.41 Å². The fourth-order valence-electron chi connectivity index (χ4n) is 2.38. The summed E-state index contributed by atoms with van der Waals surface area (Å²) in [5, 5.41) is 20.8. The van der Waals surface area contributed by atoms with E-state index in [-0.39, 0.29) is 6.10 Å². The van der Waals surface area contributed by atoms with E-state index in [1.807, 2.05) is 0 Å². The second kappa shape index (κ2) is 4.31. The van der Waals surface area contributed by atoms with E-state index in [2.05, 4.69) is 15.5 Å². The number of aromatic nitrogens is 4. The number of ether oxygens (including phenoxy) is 1. The summed E-state index contributed by atoms with van der Waals surface area (Å²) in [7, 11) is 0. The van der Waals surface area contributed by atoms with Gasteiger partial charge in [-0.2, -0.15) is 0 Å². The third kappa shape index (κ3) is 1.98. The molecule has 18 heavy (non-hydrogen) atoms. The van der Waals surface area contributed by atoms with Crippen molar-refractivity contribution in [2.45, 2.75) is 44.8 Å². The Labute approximate surface area is 104 Å². The van der Waals surface area contributed by atoms with Crippen molar-refractivity contribution >= 4 is 5.97 Å². The molecule has 1 unspecified atom stereocenters. The van der Waals surface area contributed by atoms with Crippen molar-refractivity contribution in [3.05, 3.63) is 5.82 Å². The van der Waals surface area contributed by atoms with Gasteiger partial charge in [0, 0.05) is 6.61 Å². The van der Waals surface area contributed by atoms with Crippen LogP contribution in [0.2, 0.25) is 0 Å². The smallest absolute Gasteiger partial charge is 0.311 e. The number of carboxylic acids is 1. The number of nitrogens with zero attached hydrogens (tertiary/aromatic N) is 4. The normalized spacial score (nSPS) is 25.9. The highest BCUT2D eigenvalue weighted by molar-refractivity contribution is 5.77. The average Bonchev–Trinajstić information content (AvgIpc) is 3.02. The highest BCUT2D eigenvalue weighted by atomic mass is 16.5. The van der Waals surface area contributed by atoms with E-state index in [0.717, 1.165) is 25.9 Å². The minimum absolute atomic E-state index is 0.0849. The van der Waals surface area contributed by atoms with E-state index in [1.165, 1.54) is 0 Å². The molecule has 1 saturated carbocycles. The summed E-state index contributed by atoms with van der Waals surface area (Å²) in [6.07, 6.45) is 4.39.